The van der Waals surface area contributed by atoms with E-state index in [0.717, 1.165) is 0 Å². The van der Waals surface area contributed by atoms with Gasteiger partial charge in [-0.2, -0.15) is 0 Å². The molecule has 0 bridgehead atoms. The van der Waals surface area contributed by atoms with Crippen molar-refractivity contribution in [1.82, 2.24) is 0 Å². The Kier molecular flexibility index (Phi) is 16.8. The molecule has 0 aromatic rings. The largest absolute Gasteiger partial charge is 0.483 e. The number of hydrogen-bond acceptors (Lipinski definition) is 1. The predicted octanol–water partition coefficient (Wildman–Crippen LogP) is 2.82. The molecule has 0 radical (unpaired) electrons. The van der Waals surface area contributed by atoms with Crippen molar-refractivity contribution in [3.63, 3.8) is 0 Å². The van der Waals surface area contributed by atoms with Crippen LogP contribution in [0, 0.1) is 0 Å². The quantitative estimate of drug-likeness (QED) is 0.488. The van der Waals surface area contributed by atoms with Crippen LogP contribution in [0.25, 0.3) is 0 Å². The van der Waals surface area contributed by atoms with Gasteiger partial charge in [0.1, 0.15) is 0 Å². The van der Waals surface area contributed by atoms with Gasteiger partial charge in [0.25, 0.3) is 6.47 Å². The van der Waals surface area contributed by atoms with Gasteiger partial charge in [-0.15, -0.1) is 0 Å². The maximum Gasteiger partial charge on any atom is 0.290 e. The summed E-state index contributed by atoms with van der Waals surface area (Å²) in [5.41, 5.74) is 0. The third kappa shape index (κ3) is 12.8. The Morgan fingerprint density at radius 3 is 0.917 bits per heavy atom. The van der Waals surface area contributed by atoms with Crippen molar-refractivity contribution >= 4 is 6.47 Å². The Hall–Kier alpha value is 0.184. The van der Waals surface area contributed by atoms with Crippen LogP contribution < -0.4 is 0 Å². The summed E-state index contributed by atoms with van der Waals surface area (Å²) in [4.78, 5) is 8.36. The number of hydrogen-bond donors (Lipinski definition) is 1. The predicted molar refractivity (Wildman–Crippen MR) is 45.6 cm³/mol. The molecule has 0 spiro atoms. The molecule has 0 atom stereocenters. The molecule has 0 saturated heterocycles. The van der Waals surface area contributed by atoms with Crippen molar-refractivity contribution in [2.24, 2.45) is 0 Å². The summed E-state index contributed by atoms with van der Waals surface area (Å²) in [5, 5.41) is 6.89. The number of carboxylic acid groups (broad SMARTS) is 1. The van der Waals surface area contributed by atoms with E-state index in [4.69, 9.17) is 9.90 Å². The van der Waals surface area contributed by atoms with Gasteiger partial charge >= 0.3 is 0 Å². The third-order valence-electron chi connectivity index (χ3n) is 2.00. The first-order valence-corrected chi connectivity index (χ1v) is 4.49. The third-order valence-corrected chi connectivity index (χ3v) is 2.00. The van der Waals surface area contributed by atoms with Crippen LogP contribution in [-0.2, 0) is 26.5 Å². The fraction of sp³-hybridized carbons (Fsp3) is 0.889. The Balaban J connectivity index is 0. The molecule has 12 heavy (non-hydrogen) atoms. The number of carbonyl (C=O) groups is 1. The molecular weight excluding hydrogens is 188 g/mol. The van der Waals surface area contributed by atoms with Crippen LogP contribution in [0.3, 0.4) is 0 Å². The minimum absolute atomic E-state index is 0. The van der Waals surface area contributed by atoms with Gasteiger partial charge in [0, 0.05) is 21.7 Å². The molecule has 1 N–H and O–H groups in total. The van der Waals surface area contributed by atoms with E-state index in [0.29, 0.717) is 0 Å². The summed E-state index contributed by atoms with van der Waals surface area (Å²) in [7, 11) is 0. The van der Waals surface area contributed by atoms with E-state index < -0.39 is 0 Å². The summed E-state index contributed by atoms with van der Waals surface area (Å²) in [6.07, 6.45) is 12.0. The van der Waals surface area contributed by atoms with Gasteiger partial charge in [-0.25, -0.2) is 0 Å². The second-order valence-electron chi connectivity index (χ2n) is 2.93. The fourth-order valence-corrected chi connectivity index (χ4v) is 1.41. The molecule has 2 nitrogen and oxygen atoms in total. The van der Waals surface area contributed by atoms with Gasteiger partial charge in [0.2, 0.25) is 0 Å². The molecule has 70 valence electrons. The molecule has 1 saturated carbocycles. The molecule has 0 unspecified atom stereocenters. The van der Waals surface area contributed by atoms with Gasteiger partial charge in [-0.1, -0.05) is 51.4 Å². The van der Waals surface area contributed by atoms with Crippen LogP contribution in [0.4, 0.5) is 0 Å². The Morgan fingerprint density at radius 2 is 0.833 bits per heavy atom. The van der Waals surface area contributed by atoms with Crippen LogP contribution in [0.15, 0.2) is 0 Å². The van der Waals surface area contributed by atoms with E-state index in [2.05, 4.69) is 0 Å². The van der Waals surface area contributed by atoms with E-state index in [9.17, 15) is 0 Å². The standard InChI is InChI=1S/C8H16.CH2O2.Ti/c1-2-4-6-8-7-5-3-1;2-1-3;/h1-8H2;1H,(H,2,3);. The average Bonchev–Trinajstić information content (AvgIpc) is 1.86. The Bertz CT molecular complexity index is 62.6. The first-order chi connectivity index (χ1) is 5.41. The van der Waals surface area contributed by atoms with Crippen molar-refractivity contribution in [3.8, 4) is 0 Å². The molecule has 1 fully saturated rings. The zero-order valence-electron chi connectivity index (χ0n) is 7.59. The molecule has 0 heterocycles. The first kappa shape index (κ1) is 14.7. The average molecular weight is 206 g/mol. The molecule has 1 rings (SSSR count). The minimum atomic E-state index is -0.250. The Morgan fingerprint density at radius 1 is 0.750 bits per heavy atom. The van der Waals surface area contributed by atoms with Gasteiger partial charge < -0.3 is 5.11 Å². The first-order valence-electron chi connectivity index (χ1n) is 4.49. The van der Waals surface area contributed by atoms with Crippen molar-refractivity contribution < 1.29 is 31.6 Å². The van der Waals surface area contributed by atoms with Gasteiger partial charge in [0.15, 0.2) is 0 Å². The zero-order chi connectivity index (χ0) is 8.36. The second-order valence-corrected chi connectivity index (χ2v) is 2.93. The van der Waals surface area contributed by atoms with Crippen molar-refractivity contribution in [2.45, 2.75) is 51.4 Å². The minimum Gasteiger partial charge on any atom is -0.483 e. The summed E-state index contributed by atoms with van der Waals surface area (Å²) in [6, 6.07) is 0. The Labute approximate surface area is 89.6 Å². The normalized spacial score (nSPS) is 17.0. The van der Waals surface area contributed by atoms with Crippen molar-refractivity contribution in [2.75, 3.05) is 0 Å². The summed E-state index contributed by atoms with van der Waals surface area (Å²) in [6.45, 7) is -0.250. The van der Waals surface area contributed by atoms with E-state index >= 15 is 0 Å². The van der Waals surface area contributed by atoms with Gasteiger partial charge in [-0.3, -0.25) is 4.79 Å². The van der Waals surface area contributed by atoms with E-state index in [1.807, 2.05) is 0 Å². The zero-order valence-corrected chi connectivity index (χ0v) is 9.15. The van der Waals surface area contributed by atoms with Gasteiger partial charge in [-0.05, 0) is 0 Å². The van der Waals surface area contributed by atoms with Crippen LogP contribution in [0.5, 0.6) is 0 Å². The summed E-state index contributed by atoms with van der Waals surface area (Å²) < 4.78 is 0. The molecule has 1 aliphatic rings. The molecule has 0 aliphatic heterocycles. The van der Waals surface area contributed by atoms with Crippen molar-refractivity contribution in [3.05, 3.63) is 0 Å². The summed E-state index contributed by atoms with van der Waals surface area (Å²) >= 11 is 0. The SMILES string of the molecule is C1CCCCCCC1.O=CO.[Ti]. The van der Waals surface area contributed by atoms with Crippen LogP contribution in [-0.4, -0.2) is 11.6 Å². The monoisotopic (exact) mass is 206 g/mol. The number of rotatable bonds is 0. The fourth-order valence-electron chi connectivity index (χ4n) is 1.41. The molecule has 1 aliphatic carbocycles. The molecule has 0 aromatic heterocycles. The van der Waals surface area contributed by atoms with E-state index in [1.165, 1.54) is 51.4 Å². The van der Waals surface area contributed by atoms with Crippen LogP contribution >= 0.6 is 0 Å². The van der Waals surface area contributed by atoms with Gasteiger partial charge in [0.05, 0.1) is 0 Å². The molecule has 0 aromatic carbocycles. The van der Waals surface area contributed by atoms with E-state index in [1.54, 1.807) is 0 Å². The van der Waals surface area contributed by atoms with Crippen molar-refractivity contribution in [1.29, 1.82) is 0 Å². The summed E-state index contributed by atoms with van der Waals surface area (Å²) in [5.74, 6) is 0. The maximum absolute atomic E-state index is 8.36. The van der Waals surface area contributed by atoms with E-state index in [-0.39, 0.29) is 28.2 Å². The molecule has 0 amide bonds. The smallest absolute Gasteiger partial charge is 0.290 e. The molecule has 3 heteroatoms. The molecular formula is C9H18O2Ti. The van der Waals surface area contributed by atoms with Crippen LogP contribution in [0.1, 0.15) is 51.4 Å². The van der Waals surface area contributed by atoms with Crippen LogP contribution in [0.2, 0.25) is 0 Å². The maximum atomic E-state index is 8.36. The second kappa shape index (κ2) is 13.8. The topological polar surface area (TPSA) is 37.3 Å².